The SMILES string of the molecule is CNC(C(=O)NCC(O)c1ccc2ccccc2c1)c1cnn(C)c1.Cl. The normalized spacial score (nSPS) is 13.0. The van der Waals surface area contributed by atoms with Crippen LogP contribution in [0.2, 0.25) is 0 Å². The quantitative estimate of drug-likeness (QED) is 0.617. The van der Waals surface area contributed by atoms with E-state index in [0.29, 0.717) is 0 Å². The molecule has 7 heteroatoms. The summed E-state index contributed by atoms with van der Waals surface area (Å²) in [6.07, 6.45) is 2.68. The van der Waals surface area contributed by atoms with Crippen molar-refractivity contribution in [3.63, 3.8) is 0 Å². The van der Waals surface area contributed by atoms with Crippen LogP contribution in [0.25, 0.3) is 10.8 Å². The Morgan fingerprint density at radius 3 is 2.58 bits per heavy atom. The molecule has 3 rings (SSSR count). The highest BCUT2D eigenvalue weighted by molar-refractivity contribution is 5.85. The lowest BCUT2D eigenvalue weighted by Crippen LogP contribution is -2.37. The minimum atomic E-state index is -0.764. The third-order valence-electron chi connectivity index (χ3n) is 4.24. The molecular formula is C19H23ClN4O2. The summed E-state index contributed by atoms with van der Waals surface area (Å²) in [5, 5.41) is 22.4. The zero-order valence-electron chi connectivity index (χ0n) is 14.7. The number of aliphatic hydroxyl groups excluding tert-OH is 1. The first kappa shape index (κ1) is 19.9. The standard InChI is InChI=1S/C19H22N4O2.ClH/c1-20-18(16-10-22-23(2)12-16)19(25)21-11-17(24)15-8-7-13-5-3-4-6-14(13)9-15;/h3-10,12,17-18,20,24H,11H2,1-2H3,(H,21,25);1H. The minimum Gasteiger partial charge on any atom is -0.387 e. The van der Waals surface area contributed by atoms with Crippen LogP contribution in [0.15, 0.2) is 54.9 Å². The summed E-state index contributed by atoms with van der Waals surface area (Å²) in [4.78, 5) is 12.4. The van der Waals surface area contributed by atoms with Crippen LogP contribution in [0, 0.1) is 0 Å². The van der Waals surface area contributed by atoms with Gasteiger partial charge in [-0.15, -0.1) is 12.4 Å². The molecule has 1 amide bonds. The van der Waals surface area contributed by atoms with Gasteiger partial charge < -0.3 is 15.7 Å². The molecule has 1 aromatic heterocycles. The number of rotatable bonds is 6. The number of aliphatic hydroxyl groups is 1. The van der Waals surface area contributed by atoms with E-state index in [1.165, 1.54) is 0 Å². The second kappa shape index (κ2) is 8.80. The average Bonchev–Trinajstić information content (AvgIpc) is 3.05. The number of fused-ring (bicyclic) bond motifs is 1. The van der Waals surface area contributed by atoms with Crippen LogP contribution < -0.4 is 10.6 Å². The van der Waals surface area contributed by atoms with Gasteiger partial charge in [-0.2, -0.15) is 5.10 Å². The number of halogens is 1. The van der Waals surface area contributed by atoms with Crippen molar-refractivity contribution in [1.82, 2.24) is 20.4 Å². The Balaban J connectivity index is 0.00000243. The fourth-order valence-corrected chi connectivity index (χ4v) is 2.87. The van der Waals surface area contributed by atoms with Crippen molar-refractivity contribution in [2.24, 2.45) is 7.05 Å². The van der Waals surface area contributed by atoms with Crippen molar-refractivity contribution in [2.45, 2.75) is 12.1 Å². The van der Waals surface area contributed by atoms with Crippen molar-refractivity contribution in [1.29, 1.82) is 0 Å². The van der Waals surface area contributed by atoms with Crippen LogP contribution in [-0.4, -0.2) is 34.4 Å². The molecule has 26 heavy (non-hydrogen) atoms. The van der Waals surface area contributed by atoms with E-state index in [-0.39, 0.29) is 24.9 Å². The maximum Gasteiger partial charge on any atom is 0.241 e. The molecule has 138 valence electrons. The number of aromatic nitrogens is 2. The molecule has 6 nitrogen and oxygen atoms in total. The number of amides is 1. The topological polar surface area (TPSA) is 79.2 Å². The van der Waals surface area contributed by atoms with E-state index in [9.17, 15) is 9.90 Å². The lowest BCUT2D eigenvalue weighted by Gasteiger charge is -2.17. The third kappa shape index (κ3) is 4.40. The fourth-order valence-electron chi connectivity index (χ4n) is 2.87. The first-order valence-corrected chi connectivity index (χ1v) is 8.19. The molecule has 0 radical (unpaired) electrons. The number of nitrogens with one attached hydrogen (secondary N) is 2. The Morgan fingerprint density at radius 1 is 1.19 bits per heavy atom. The van der Waals surface area contributed by atoms with Gasteiger partial charge in [0.15, 0.2) is 0 Å². The molecular weight excluding hydrogens is 352 g/mol. The highest BCUT2D eigenvalue weighted by atomic mass is 35.5. The summed E-state index contributed by atoms with van der Waals surface area (Å²) in [5.74, 6) is -0.199. The van der Waals surface area contributed by atoms with E-state index in [1.807, 2.05) is 42.5 Å². The zero-order chi connectivity index (χ0) is 17.8. The van der Waals surface area contributed by atoms with Gasteiger partial charge in [-0.05, 0) is 29.4 Å². The van der Waals surface area contributed by atoms with Crippen molar-refractivity contribution in [3.8, 4) is 0 Å². The molecule has 0 fully saturated rings. The van der Waals surface area contributed by atoms with Crippen LogP contribution in [-0.2, 0) is 11.8 Å². The molecule has 2 aromatic carbocycles. The summed E-state index contributed by atoms with van der Waals surface area (Å²) in [6, 6.07) is 13.3. The average molecular weight is 375 g/mol. The molecule has 0 aliphatic heterocycles. The molecule has 2 unspecified atom stereocenters. The molecule has 0 aliphatic carbocycles. The first-order valence-electron chi connectivity index (χ1n) is 8.19. The predicted octanol–water partition coefficient (Wildman–Crippen LogP) is 2.11. The van der Waals surface area contributed by atoms with E-state index >= 15 is 0 Å². The molecule has 0 bridgehead atoms. The summed E-state index contributed by atoms with van der Waals surface area (Å²) in [5.41, 5.74) is 1.56. The van der Waals surface area contributed by atoms with Crippen LogP contribution in [0.1, 0.15) is 23.3 Å². The van der Waals surface area contributed by atoms with E-state index in [1.54, 1.807) is 31.2 Å². The van der Waals surface area contributed by atoms with Gasteiger partial charge in [0.2, 0.25) is 5.91 Å². The third-order valence-corrected chi connectivity index (χ3v) is 4.24. The number of carbonyl (C=O) groups is 1. The van der Waals surface area contributed by atoms with Crippen LogP contribution in [0.4, 0.5) is 0 Å². The largest absolute Gasteiger partial charge is 0.387 e. The Kier molecular flexibility index (Phi) is 6.74. The smallest absolute Gasteiger partial charge is 0.241 e. The molecule has 3 aromatic rings. The monoisotopic (exact) mass is 374 g/mol. The van der Waals surface area contributed by atoms with Gasteiger partial charge in [0, 0.05) is 25.4 Å². The van der Waals surface area contributed by atoms with Crippen LogP contribution in [0.3, 0.4) is 0 Å². The van der Waals surface area contributed by atoms with Crippen molar-refractivity contribution in [2.75, 3.05) is 13.6 Å². The van der Waals surface area contributed by atoms with Crippen molar-refractivity contribution < 1.29 is 9.90 Å². The first-order chi connectivity index (χ1) is 12.1. The molecule has 2 atom stereocenters. The molecule has 3 N–H and O–H groups in total. The fraction of sp³-hybridized carbons (Fsp3) is 0.263. The van der Waals surface area contributed by atoms with Crippen LogP contribution >= 0.6 is 12.4 Å². The second-order valence-corrected chi connectivity index (χ2v) is 6.04. The van der Waals surface area contributed by atoms with Crippen LogP contribution in [0.5, 0.6) is 0 Å². The van der Waals surface area contributed by atoms with Gasteiger partial charge in [0.25, 0.3) is 0 Å². The predicted molar refractivity (Wildman–Crippen MR) is 104 cm³/mol. The summed E-state index contributed by atoms with van der Waals surface area (Å²) in [6.45, 7) is 0.148. The molecule has 0 spiro atoms. The maximum absolute atomic E-state index is 12.4. The lowest BCUT2D eigenvalue weighted by atomic mass is 10.0. The lowest BCUT2D eigenvalue weighted by molar-refractivity contribution is -0.123. The maximum atomic E-state index is 12.4. The van der Waals surface area contributed by atoms with Gasteiger partial charge >= 0.3 is 0 Å². The van der Waals surface area contributed by atoms with Gasteiger partial charge in [0.05, 0.1) is 12.3 Å². The summed E-state index contributed by atoms with van der Waals surface area (Å²) in [7, 11) is 3.52. The highest BCUT2D eigenvalue weighted by Gasteiger charge is 2.21. The zero-order valence-corrected chi connectivity index (χ0v) is 15.5. The number of likely N-dealkylation sites (N-methyl/N-ethyl adjacent to an activating group) is 1. The Bertz CT molecular complexity index is 881. The van der Waals surface area contributed by atoms with E-state index in [2.05, 4.69) is 15.7 Å². The van der Waals surface area contributed by atoms with E-state index in [4.69, 9.17) is 0 Å². The molecule has 0 aliphatic rings. The second-order valence-electron chi connectivity index (χ2n) is 6.04. The number of benzene rings is 2. The Labute approximate surface area is 158 Å². The summed E-state index contributed by atoms with van der Waals surface area (Å²) < 4.78 is 1.65. The number of hydrogen-bond acceptors (Lipinski definition) is 4. The molecule has 0 saturated heterocycles. The number of aryl methyl sites for hydroxylation is 1. The molecule has 0 saturated carbocycles. The summed E-state index contributed by atoms with van der Waals surface area (Å²) >= 11 is 0. The Hall–Kier alpha value is -2.41. The van der Waals surface area contributed by atoms with E-state index < -0.39 is 12.1 Å². The van der Waals surface area contributed by atoms with Gasteiger partial charge in [-0.1, -0.05) is 36.4 Å². The number of nitrogens with zero attached hydrogens (tertiary/aromatic N) is 2. The highest BCUT2D eigenvalue weighted by Crippen LogP contribution is 2.20. The van der Waals surface area contributed by atoms with Gasteiger partial charge in [0.1, 0.15) is 6.04 Å². The van der Waals surface area contributed by atoms with Crippen molar-refractivity contribution >= 4 is 29.1 Å². The number of carbonyl (C=O) groups excluding carboxylic acids is 1. The van der Waals surface area contributed by atoms with E-state index in [0.717, 1.165) is 21.9 Å². The van der Waals surface area contributed by atoms with Gasteiger partial charge in [-0.25, -0.2) is 0 Å². The van der Waals surface area contributed by atoms with Gasteiger partial charge in [-0.3, -0.25) is 9.48 Å². The number of hydrogen-bond donors (Lipinski definition) is 3. The molecule has 1 heterocycles. The minimum absolute atomic E-state index is 0. The van der Waals surface area contributed by atoms with Crippen molar-refractivity contribution in [3.05, 3.63) is 66.0 Å². The Morgan fingerprint density at radius 2 is 1.92 bits per heavy atom.